The molecule has 2 heteroatoms. The second kappa shape index (κ2) is 6.20. The summed E-state index contributed by atoms with van der Waals surface area (Å²) in [6.45, 7) is 13.2. The van der Waals surface area contributed by atoms with Crippen molar-refractivity contribution in [2.75, 3.05) is 13.7 Å². The fraction of sp³-hybridized carbons (Fsp3) is 0.833. The minimum atomic E-state index is -0.123. The number of hydrogen-bond acceptors (Lipinski definition) is 2. The summed E-state index contributed by atoms with van der Waals surface area (Å²) in [6, 6.07) is 0.342. The van der Waals surface area contributed by atoms with Crippen LogP contribution in [0.25, 0.3) is 0 Å². The summed E-state index contributed by atoms with van der Waals surface area (Å²) in [5, 5.41) is 3.31. The highest BCUT2D eigenvalue weighted by molar-refractivity contribution is 5.00. The molecule has 2 nitrogen and oxygen atoms in total. The molecule has 0 aliphatic rings. The Morgan fingerprint density at radius 3 is 2.36 bits per heavy atom. The van der Waals surface area contributed by atoms with Crippen LogP contribution in [0, 0.1) is 0 Å². The van der Waals surface area contributed by atoms with E-state index in [0.29, 0.717) is 6.04 Å². The standard InChI is InChI=1S/C12H25NO/c1-7-10(3)9-11(13-6)12(4,5)14-8-2/h11,13H,3,7-9H2,1-2,4-6H3. The Morgan fingerprint density at radius 1 is 1.43 bits per heavy atom. The summed E-state index contributed by atoms with van der Waals surface area (Å²) in [5.41, 5.74) is 1.15. The van der Waals surface area contributed by atoms with Crippen LogP contribution in [-0.2, 0) is 4.74 Å². The predicted molar refractivity (Wildman–Crippen MR) is 62.6 cm³/mol. The summed E-state index contributed by atoms with van der Waals surface area (Å²) >= 11 is 0. The number of likely N-dealkylation sites (N-methyl/N-ethyl adjacent to an activating group) is 1. The van der Waals surface area contributed by atoms with Gasteiger partial charge in [0.05, 0.1) is 5.60 Å². The first-order valence-electron chi connectivity index (χ1n) is 5.45. The van der Waals surface area contributed by atoms with Crippen molar-refractivity contribution in [2.45, 2.75) is 52.2 Å². The average Bonchev–Trinajstić information content (AvgIpc) is 2.13. The van der Waals surface area contributed by atoms with Crippen molar-refractivity contribution in [3.63, 3.8) is 0 Å². The van der Waals surface area contributed by atoms with Crippen molar-refractivity contribution in [1.29, 1.82) is 0 Å². The van der Waals surface area contributed by atoms with Gasteiger partial charge in [0.15, 0.2) is 0 Å². The Hall–Kier alpha value is -0.340. The Morgan fingerprint density at radius 2 is 2.00 bits per heavy atom. The van der Waals surface area contributed by atoms with E-state index in [-0.39, 0.29) is 5.60 Å². The summed E-state index contributed by atoms with van der Waals surface area (Å²) in [6.07, 6.45) is 2.03. The molecular weight excluding hydrogens is 174 g/mol. The fourth-order valence-corrected chi connectivity index (χ4v) is 1.60. The lowest BCUT2D eigenvalue weighted by atomic mass is 9.92. The normalized spacial score (nSPS) is 14.1. The molecule has 0 bridgehead atoms. The molecule has 0 fully saturated rings. The molecular formula is C12H25NO. The van der Waals surface area contributed by atoms with E-state index >= 15 is 0 Å². The van der Waals surface area contributed by atoms with Crippen molar-refractivity contribution >= 4 is 0 Å². The fourth-order valence-electron chi connectivity index (χ4n) is 1.60. The maximum atomic E-state index is 5.72. The molecule has 0 aromatic carbocycles. The zero-order chi connectivity index (χ0) is 11.2. The highest BCUT2D eigenvalue weighted by Crippen LogP contribution is 2.21. The molecule has 0 saturated heterocycles. The van der Waals surface area contributed by atoms with Crippen LogP contribution < -0.4 is 5.32 Å². The Kier molecular flexibility index (Phi) is 6.05. The quantitative estimate of drug-likeness (QED) is 0.637. The molecule has 0 rings (SSSR count). The SMILES string of the molecule is C=C(CC)CC(NC)C(C)(C)OCC. The zero-order valence-corrected chi connectivity index (χ0v) is 10.3. The van der Waals surface area contributed by atoms with Crippen LogP contribution in [0.3, 0.4) is 0 Å². The molecule has 0 aromatic rings. The van der Waals surface area contributed by atoms with Gasteiger partial charge in [-0.15, -0.1) is 0 Å². The van der Waals surface area contributed by atoms with Crippen molar-refractivity contribution in [3.05, 3.63) is 12.2 Å². The van der Waals surface area contributed by atoms with Crippen molar-refractivity contribution in [2.24, 2.45) is 0 Å². The molecule has 0 amide bonds. The van der Waals surface area contributed by atoms with E-state index in [1.807, 2.05) is 14.0 Å². The van der Waals surface area contributed by atoms with Crippen LogP contribution in [0.5, 0.6) is 0 Å². The number of ether oxygens (including phenoxy) is 1. The van der Waals surface area contributed by atoms with Gasteiger partial charge >= 0.3 is 0 Å². The molecule has 1 N–H and O–H groups in total. The Labute approximate surface area is 88.7 Å². The molecule has 0 aliphatic carbocycles. The van der Waals surface area contributed by atoms with Gasteiger partial charge in [0.1, 0.15) is 0 Å². The molecule has 0 spiro atoms. The number of hydrogen-bond donors (Lipinski definition) is 1. The molecule has 1 unspecified atom stereocenters. The van der Waals surface area contributed by atoms with E-state index in [4.69, 9.17) is 4.74 Å². The minimum Gasteiger partial charge on any atom is -0.374 e. The molecule has 0 aliphatic heterocycles. The van der Waals surface area contributed by atoms with E-state index in [2.05, 4.69) is 32.7 Å². The minimum absolute atomic E-state index is 0.123. The first-order chi connectivity index (χ1) is 6.47. The second-order valence-electron chi connectivity index (χ2n) is 4.19. The third-order valence-electron chi connectivity index (χ3n) is 2.70. The van der Waals surface area contributed by atoms with Gasteiger partial charge in [0.2, 0.25) is 0 Å². The van der Waals surface area contributed by atoms with E-state index in [0.717, 1.165) is 19.4 Å². The van der Waals surface area contributed by atoms with Gasteiger partial charge in [-0.1, -0.05) is 19.1 Å². The third-order valence-corrected chi connectivity index (χ3v) is 2.70. The maximum absolute atomic E-state index is 5.72. The molecule has 84 valence electrons. The van der Waals surface area contributed by atoms with Gasteiger partial charge in [-0.3, -0.25) is 0 Å². The molecule has 0 radical (unpaired) electrons. The molecule has 1 atom stereocenters. The van der Waals surface area contributed by atoms with Crippen LogP contribution in [0.1, 0.15) is 40.5 Å². The van der Waals surface area contributed by atoms with Gasteiger partial charge in [-0.05, 0) is 40.7 Å². The third kappa shape index (κ3) is 4.25. The number of nitrogens with one attached hydrogen (secondary N) is 1. The van der Waals surface area contributed by atoms with Crippen molar-refractivity contribution in [1.82, 2.24) is 5.32 Å². The highest BCUT2D eigenvalue weighted by Gasteiger charge is 2.28. The predicted octanol–water partition coefficient (Wildman–Crippen LogP) is 2.75. The molecule has 14 heavy (non-hydrogen) atoms. The van der Waals surface area contributed by atoms with E-state index in [1.54, 1.807) is 0 Å². The van der Waals surface area contributed by atoms with Crippen LogP contribution in [-0.4, -0.2) is 25.3 Å². The molecule has 0 heterocycles. The van der Waals surface area contributed by atoms with E-state index in [9.17, 15) is 0 Å². The average molecular weight is 199 g/mol. The topological polar surface area (TPSA) is 21.3 Å². The smallest absolute Gasteiger partial charge is 0.0781 e. The maximum Gasteiger partial charge on any atom is 0.0781 e. The summed E-state index contributed by atoms with van der Waals surface area (Å²) in [5.74, 6) is 0. The van der Waals surface area contributed by atoms with Crippen LogP contribution in [0.15, 0.2) is 12.2 Å². The monoisotopic (exact) mass is 199 g/mol. The van der Waals surface area contributed by atoms with Gasteiger partial charge in [-0.25, -0.2) is 0 Å². The Balaban J connectivity index is 4.30. The van der Waals surface area contributed by atoms with Crippen LogP contribution in [0.4, 0.5) is 0 Å². The van der Waals surface area contributed by atoms with Gasteiger partial charge < -0.3 is 10.1 Å². The first-order valence-corrected chi connectivity index (χ1v) is 5.45. The second-order valence-corrected chi connectivity index (χ2v) is 4.19. The lowest BCUT2D eigenvalue weighted by Crippen LogP contribution is -2.47. The summed E-state index contributed by atoms with van der Waals surface area (Å²) in [7, 11) is 1.98. The van der Waals surface area contributed by atoms with Gasteiger partial charge in [0.25, 0.3) is 0 Å². The van der Waals surface area contributed by atoms with Crippen LogP contribution in [0.2, 0.25) is 0 Å². The summed E-state index contributed by atoms with van der Waals surface area (Å²) < 4.78 is 5.72. The largest absolute Gasteiger partial charge is 0.374 e. The summed E-state index contributed by atoms with van der Waals surface area (Å²) in [4.78, 5) is 0. The lowest BCUT2D eigenvalue weighted by molar-refractivity contribution is -0.0364. The van der Waals surface area contributed by atoms with E-state index in [1.165, 1.54) is 5.57 Å². The zero-order valence-electron chi connectivity index (χ0n) is 10.3. The highest BCUT2D eigenvalue weighted by atomic mass is 16.5. The van der Waals surface area contributed by atoms with Gasteiger partial charge in [-0.2, -0.15) is 0 Å². The Bertz CT molecular complexity index is 175. The molecule has 0 aromatic heterocycles. The molecule has 0 saturated carbocycles. The van der Waals surface area contributed by atoms with Crippen LogP contribution >= 0.6 is 0 Å². The van der Waals surface area contributed by atoms with Crippen molar-refractivity contribution in [3.8, 4) is 0 Å². The number of rotatable bonds is 7. The van der Waals surface area contributed by atoms with Gasteiger partial charge in [0, 0.05) is 12.6 Å². The lowest BCUT2D eigenvalue weighted by Gasteiger charge is -2.34. The van der Waals surface area contributed by atoms with Crippen molar-refractivity contribution < 1.29 is 4.74 Å². The first kappa shape index (κ1) is 13.7. The van der Waals surface area contributed by atoms with E-state index < -0.39 is 0 Å².